The number of aromatic amines is 1. The van der Waals surface area contributed by atoms with Gasteiger partial charge in [0.1, 0.15) is 6.10 Å². The third-order valence-electron chi connectivity index (χ3n) is 3.98. The van der Waals surface area contributed by atoms with Gasteiger partial charge in [0.15, 0.2) is 0 Å². The number of hydrogen-bond acceptors (Lipinski definition) is 5. The zero-order valence-corrected chi connectivity index (χ0v) is 13.7. The molecule has 1 amide bonds. The Morgan fingerprint density at radius 3 is 3.21 bits per heavy atom. The van der Waals surface area contributed by atoms with Crippen molar-refractivity contribution in [1.29, 1.82) is 0 Å². The summed E-state index contributed by atoms with van der Waals surface area (Å²) in [7, 11) is 0. The summed E-state index contributed by atoms with van der Waals surface area (Å²) in [6.07, 6.45) is 5.52. The SMILES string of the molecule is CCCc1[nH]ncc1C(=O)N[C@@H]1COCC[C@H]1Oc1ccccn1. The number of rotatable bonds is 6. The molecule has 1 aliphatic rings. The number of aromatic nitrogens is 3. The lowest BCUT2D eigenvalue weighted by Crippen LogP contribution is -2.52. The Labute approximate surface area is 140 Å². The molecular weight excluding hydrogens is 308 g/mol. The van der Waals surface area contributed by atoms with Crippen molar-refractivity contribution >= 4 is 5.91 Å². The van der Waals surface area contributed by atoms with Crippen LogP contribution in [0.15, 0.2) is 30.6 Å². The molecule has 2 atom stereocenters. The van der Waals surface area contributed by atoms with Crippen molar-refractivity contribution in [3.63, 3.8) is 0 Å². The van der Waals surface area contributed by atoms with E-state index in [4.69, 9.17) is 9.47 Å². The summed E-state index contributed by atoms with van der Waals surface area (Å²) in [5.74, 6) is 0.399. The summed E-state index contributed by atoms with van der Waals surface area (Å²) in [5, 5.41) is 9.89. The van der Waals surface area contributed by atoms with Crippen molar-refractivity contribution in [3.8, 4) is 5.88 Å². The molecule has 7 nitrogen and oxygen atoms in total. The van der Waals surface area contributed by atoms with Crippen LogP contribution in [0.1, 0.15) is 35.8 Å². The first-order valence-corrected chi connectivity index (χ1v) is 8.26. The maximum Gasteiger partial charge on any atom is 0.255 e. The van der Waals surface area contributed by atoms with Crippen LogP contribution in [0, 0.1) is 0 Å². The molecule has 0 saturated carbocycles. The monoisotopic (exact) mass is 330 g/mol. The lowest BCUT2D eigenvalue weighted by Gasteiger charge is -2.32. The molecule has 3 heterocycles. The van der Waals surface area contributed by atoms with Gasteiger partial charge in [0.05, 0.1) is 31.0 Å². The maximum atomic E-state index is 12.6. The highest BCUT2D eigenvalue weighted by Crippen LogP contribution is 2.17. The second-order valence-corrected chi connectivity index (χ2v) is 5.78. The Kier molecular flexibility index (Phi) is 5.43. The number of ether oxygens (including phenoxy) is 2. The molecule has 1 fully saturated rings. The highest BCUT2D eigenvalue weighted by Gasteiger charge is 2.30. The van der Waals surface area contributed by atoms with E-state index in [0.29, 0.717) is 31.1 Å². The number of carbonyl (C=O) groups is 1. The van der Waals surface area contributed by atoms with Crippen LogP contribution in [-0.2, 0) is 11.2 Å². The fourth-order valence-corrected chi connectivity index (χ4v) is 2.76. The van der Waals surface area contributed by atoms with Crippen molar-refractivity contribution in [3.05, 3.63) is 41.9 Å². The molecule has 2 N–H and O–H groups in total. The molecule has 0 spiro atoms. The van der Waals surface area contributed by atoms with Gasteiger partial charge in [-0.3, -0.25) is 9.89 Å². The van der Waals surface area contributed by atoms with Crippen LogP contribution in [0.25, 0.3) is 0 Å². The number of nitrogens with one attached hydrogen (secondary N) is 2. The number of hydrogen-bond donors (Lipinski definition) is 2. The van der Waals surface area contributed by atoms with Crippen LogP contribution in [0.5, 0.6) is 5.88 Å². The molecule has 2 aromatic rings. The minimum Gasteiger partial charge on any atom is -0.472 e. The lowest BCUT2D eigenvalue weighted by molar-refractivity contribution is -0.00449. The van der Waals surface area contributed by atoms with Gasteiger partial charge in [-0.05, 0) is 12.5 Å². The van der Waals surface area contributed by atoms with E-state index in [9.17, 15) is 4.79 Å². The molecule has 1 aliphatic heterocycles. The Morgan fingerprint density at radius 2 is 2.42 bits per heavy atom. The first-order valence-electron chi connectivity index (χ1n) is 8.26. The quantitative estimate of drug-likeness (QED) is 0.842. The molecule has 0 radical (unpaired) electrons. The molecule has 24 heavy (non-hydrogen) atoms. The second-order valence-electron chi connectivity index (χ2n) is 5.78. The number of carbonyl (C=O) groups excluding carboxylic acids is 1. The van der Waals surface area contributed by atoms with Crippen molar-refractivity contribution < 1.29 is 14.3 Å². The van der Waals surface area contributed by atoms with Gasteiger partial charge >= 0.3 is 0 Å². The van der Waals surface area contributed by atoms with Crippen LogP contribution in [0.3, 0.4) is 0 Å². The Balaban J connectivity index is 1.67. The predicted octanol–water partition coefficient (Wildman–Crippen LogP) is 1.72. The van der Waals surface area contributed by atoms with Crippen molar-refractivity contribution in [1.82, 2.24) is 20.5 Å². The third kappa shape index (κ3) is 3.91. The lowest BCUT2D eigenvalue weighted by atomic mass is 10.1. The molecule has 0 aliphatic carbocycles. The molecule has 7 heteroatoms. The molecule has 0 aromatic carbocycles. The van der Waals surface area contributed by atoms with Gasteiger partial charge in [-0.1, -0.05) is 19.4 Å². The van der Waals surface area contributed by atoms with E-state index in [2.05, 4.69) is 27.4 Å². The van der Waals surface area contributed by atoms with E-state index >= 15 is 0 Å². The van der Waals surface area contributed by atoms with E-state index in [-0.39, 0.29) is 18.1 Å². The van der Waals surface area contributed by atoms with Gasteiger partial charge in [-0.25, -0.2) is 4.98 Å². The minimum atomic E-state index is -0.224. The van der Waals surface area contributed by atoms with Crippen molar-refractivity contribution in [2.75, 3.05) is 13.2 Å². The highest BCUT2D eigenvalue weighted by atomic mass is 16.5. The summed E-state index contributed by atoms with van der Waals surface area (Å²) < 4.78 is 11.4. The fourth-order valence-electron chi connectivity index (χ4n) is 2.76. The third-order valence-corrected chi connectivity index (χ3v) is 3.98. The van der Waals surface area contributed by atoms with Gasteiger partial charge in [0.2, 0.25) is 5.88 Å². The van der Waals surface area contributed by atoms with E-state index < -0.39 is 0 Å². The first-order chi connectivity index (χ1) is 11.8. The number of nitrogens with zero attached hydrogens (tertiary/aromatic N) is 2. The average molecular weight is 330 g/mol. The minimum absolute atomic E-state index is 0.155. The summed E-state index contributed by atoms with van der Waals surface area (Å²) >= 11 is 0. The van der Waals surface area contributed by atoms with E-state index in [1.165, 1.54) is 0 Å². The number of aryl methyl sites for hydroxylation is 1. The summed E-state index contributed by atoms with van der Waals surface area (Å²) in [6.45, 7) is 3.09. The van der Waals surface area contributed by atoms with E-state index in [0.717, 1.165) is 18.5 Å². The van der Waals surface area contributed by atoms with E-state index in [1.54, 1.807) is 12.4 Å². The molecule has 2 aromatic heterocycles. The standard InChI is InChI=1S/C17H22N4O3/c1-2-5-13-12(10-19-21-13)17(22)20-14-11-23-9-7-15(14)24-16-6-3-4-8-18-16/h3-4,6,8,10,14-15H,2,5,7,9,11H2,1H3,(H,19,21)(H,20,22)/t14-,15-/m1/s1. The van der Waals surface area contributed by atoms with Gasteiger partial charge in [-0.2, -0.15) is 5.10 Å². The second kappa shape index (κ2) is 7.92. The van der Waals surface area contributed by atoms with E-state index in [1.807, 2.05) is 18.2 Å². The fraction of sp³-hybridized carbons (Fsp3) is 0.471. The molecular formula is C17H22N4O3. The predicted molar refractivity (Wildman–Crippen MR) is 87.9 cm³/mol. The first kappa shape index (κ1) is 16.4. The number of pyridine rings is 1. The summed E-state index contributed by atoms with van der Waals surface area (Å²) in [6, 6.07) is 5.30. The zero-order valence-electron chi connectivity index (χ0n) is 13.7. The summed E-state index contributed by atoms with van der Waals surface area (Å²) in [5.41, 5.74) is 1.44. The van der Waals surface area contributed by atoms with Crippen LogP contribution < -0.4 is 10.1 Å². The van der Waals surface area contributed by atoms with Crippen LogP contribution in [0.4, 0.5) is 0 Å². The van der Waals surface area contributed by atoms with Crippen LogP contribution >= 0.6 is 0 Å². The molecule has 1 saturated heterocycles. The normalized spacial score (nSPS) is 20.5. The maximum absolute atomic E-state index is 12.6. The number of amides is 1. The Hall–Kier alpha value is -2.41. The van der Waals surface area contributed by atoms with Gasteiger partial charge < -0.3 is 14.8 Å². The smallest absolute Gasteiger partial charge is 0.255 e. The average Bonchev–Trinajstić information content (AvgIpc) is 3.06. The van der Waals surface area contributed by atoms with Gasteiger partial charge in [0.25, 0.3) is 5.91 Å². The molecule has 3 rings (SSSR count). The van der Waals surface area contributed by atoms with Crippen molar-refractivity contribution in [2.24, 2.45) is 0 Å². The molecule has 0 bridgehead atoms. The van der Waals surface area contributed by atoms with Crippen molar-refractivity contribution in [2.45, 2.75) is 38.3 Å². The largest absolute Gasteiger partial charge is 0.472 e. The summed E-state index contributed by atoms with van der Waals surface area (Å²) in [4.78, 5) is 16.8. The molecule has 0 unspecified atom stereocenters. The number of H-pyrrole nitrogens is 1. The highest BCUT2D eigenvalue weighted by molar-refractivity contribution is 5.95. The van der Waals surface area contributed by atoms with Crippen LogP contribution in [0.2, 0.25) is 0 Å². The molecule has 128 valence electrons. The Bertz CT molecular complexity index is 659. The van der Waals surface area contributed by atoms with Crippen LogP contribution in [-0.4, -0.2) is 46.4 Å². The van der Waals surface area contributed by atoms with Gasteiger partial charge in [0, 0.05) is 24.4 Å². The van der Waals surface area contributed by atoms with Gasteiger partial charge in [-0.15, -0.1) is 0 Å². The zero-order chi connectivity index (χ0) is 16.8. The topological polar surface area (TPSA) is 89.1 Å². The Morgan fingerprint density at radius 1 is 1.50 bits per heavy atom.